The number of benzene rings is 1. The number of nitrogens with one attached hydrogen (secondary N) is 1. The maximum absolute atomic E-state index is 9.95. The van der Waals surface area contributed by atoms with Crippen molar-refractivity contribution in [2.75, 3.05) is 26.9 Å². The van der Waals surface area contributed by atoms with Crippen LogP contribution < -0.4 is 10.1 Å². The minimum absolute atomic E-state index is 0.0593. The molecule has 0 saturated carbocycles. The lowest BCUT2D eigenvalue weighted by molar-refractivity contribution is 0.0752. The third-order valence-electron chi connectivity index (χ3n) is 2.62. The molecule has 1 heterocycles. The van der Waals surface area contributed by atoms with E-state index in [0.29, 0.717) is 29.5 Å². The number of rotatable bonds is 2. The summed E-state index contributed by atoms with van der Waals surface area (Å²) in [5, 5.41) is 13.5. The molecule has 0 radical (unpaired) electrons. The van der Waals surface area contributed by atoms with Crippen LogP contribution in [0.2, 0.25) is 5.02 Å². The van der Waals surface area contributed by atoms with Crippen LogP contribution in [0, 0.1) is 0 Å². The van der Waals surface area contributed by atoms with Gasteiger partial charge in [-0.1, -0.05) is 11.6 Å². The zero-order valence-corrected chi connectivity index (χ0v) is 9.75. The Balaban J connectivity index is 2.39. The summed E-state index contributed by atoms with van der Waals surface area (Å²) in [4.78, 5) is 0. The molecule has 0 bridgehead atoms. The van der Waals surface area contributed by atoms with Crippen LogP contribution in [-0.2, 0) is 4.74 Å². The molecule has 1 aliphatic rings. The Labute approximate surface area is 99.1 Å². The summed E-state index contributed by atoms with van der Waals surface area (Å²) in [6.45, 7) is 1.93. The van der Waals surface area contributed by atoms with E-state index in [2.05, 4.69) is 5.32 Å². The molecule has 0 amide bonds. The highest BCUT2D eigenvalue weighted by Crippen LogP contribution is 2.39. The molecule has 1 aromatic carbocycles. The molecule has 16 heavy (non-hydrogen) atoms. The molecular weight excluding hydrogens is 230 g/mol. The van der Waals surface area contributed by atoms with Crippen molar-refractivity contribution in [3.63, 3.8) is 0 Å². The largest absolute Gasteiger partial charge is 0.506 e. The normalized spacial score (nSPS) is 20.8. The number of ether oxygens (including phenoxy) is 2. The van der Waals surface area contributed by atoms with E-state index in [9.17, 15) is 5.11 Å². The van der Waals surface area contributed by atoms with Crippen LogP contribution in [0.25, 0.3) is 0 Å². The summed E-state index contributed by atoms with van der Waals surface area (Å²) < 4.78 is 10.6. The zero-order chi connectivity index (χ0) is 11.5. The average Bonchev–Trinajstić information content (AvgIpc) is 2.33. The van der Waals surface area contributed by atoms with Gasteiger partial charge in [0.05, 0.1) is 37.0 Å². The summed E-state index contributed by atoms with van der Waals surface area (Å²) in [5.41, 5.74) is 0.662. The van der Waals surface area contributed by atoms with Gasteiger partial charge in [-0.2, -0.15) is 0 Å². The molecule has 5 heteroatoms. The Morgan fingerprint density at radius 1 is 1.56 bits per heavy atom. The van der Waals surface area contributed by atoms with Crippen molar-refractivity contribution < 1.29 is 14.6 Å². The van der Waals surface area contributed by atoms with E-state index in [1.54, 1.807) is 19.2 Å². The van der Waals surface area contributed by atoms with Gasteiger partial charge in [-0.25, -0.2) is 0 Å². The maximum Gasteiger partial charge on any atom is 0.142 e. The van der Waals surface area contributed by atoms with Gasteiger partial charge in [-0.05, 0) is 12.1 Å². The molecule has 0 aromatic heterocycles. The van der Waals surface area contributed by atoms with Crippen molar-refractivity contribution in [3.8, 4) is 11.5 Å². The first-order chi connectivity index (χ1) is 7.74. The number of methoxy groups -OCH3 is 1. The van der Waals surface area contributed by atoms with Crippen molar-refractivity contribution in [1.82, 2.24) is 5.32 Å². The fourth-order valence-electron chi connectivity index (χ4n) is 1.83. The van der Waals surface area contributed by atoms with Crippen molar-refractivity contribution >= 4 is 11.6 Å². The molecule has 1 aromatic rings. The first-order valence-corrected chi connectivity index (χ1v) is 5.48. The van der Waals surface area contributed by atoms with E-state index >= 15 is 0 Å². The first kappa shape index (κ1) is 11.5. The van der Waals surface area contributed by atoms with Gasteiger partial charge in [0.2, 0.25) is 0 Å². The molecule has 1 aliphatic heterocycles. The molecule has 0 unspecified atom stereocenters. The van der Waals surface area contributed by atoms with Crippen LogP contribution in [-0.4, -0.2) is 32.0 Å². The number of hydrogen-bond donors (Lipinski definition) is 2. The van der Waals surface area contributed by atoms with Crippen LogP contribution >= 0.6 is 11.6 Å². The van der Waals surface area contributed by atoms with Gasteiger partial charge < -0.3 is 19.9 Å². The van der Waals surface area contributed by atoms with E-state index in [1.807, 2.05) is 0 Å². The number of hydrogen-bond acceptors (Lipinski definition) is 4. The Hall–Kier alpha value is -0.970. The number of phenolic OH excluding ortho intramolecular Hbond substituents is 1. The standard InChI is InChI=1S/C11H14ClNO3/c1-15-9-3-2-7(12)11(14)10(9)8-6-16-5-4-13-8/h2-3,8,13-14H,4-6H2,1H3/t8-/m1/s1. The predicted molar refractivity (Wildman–Crippen MR) is 61.2 cm³/mol. The zero-order valence-electron chi connectivity index (χ0n) is 9.00. The van der Waals surface area contributed by atoms with Crippen molar-refractivity contribution in [2.24, 2.45) is 0 Å². The fourth-order valence-corrected chi connectivity index (χ4v) is 1.99. The number of halogens is 1. The second-order valence-corrected chi connectivity index (χ2v) is 4.00. The Morgan fingerprint density at radius 3 is 3.00 bits per heavy atom. The summed E-state index contributed by atoms with van der Waals surface area (Å²) in [6, 6.07) is 3.28. The summed E-state index contributed by atoms with van der Waals surface area (Å²) in [5.74, 6) is 0.675. The summed E-state index contributed by atoms with van der Waals surface area (Å²) in [6.07, 6.45) is 0. The van der Waals surface area contributed by atoms with Gasteiger partial charge >= 0.3 is 0 Å². The highest BCUT2D eigenvalue weighted by atomic mass is 35.5. The predicted octanol–water partition coefficient (Wildman–Crippen LogP) is 1.72. The lowest BCUT2D eigenvalue weighted by Gasteiger charge is -2.26. The van der Waals surface area contributed by atoms with Gasteiger partial charge in [-0.15, -0.1) is 0 Å². The van der Waals surface area contributed by atoms with Gasteiger partial charge in [0.1, 0.15) is 11.5 Å². The fraction of sp³-hybridized carbons (Fsp3) is 0.455. The Kier molecular flexibility index (Phi) is 3.53. The lowest BCUT2D eigenvalue weighted by Crippen LogP contribution is -2.34. The summed E-state index contributed by atoms with van der Waals surface area (Å²) >= 11 is 5.89. The highest BCUT2D eigenvalue weighted by Gasteiger charge is 2.23. The van der Waals surface area contributed by atoms with E-state index in [1.165, 1.54) is 0 Å². The lowest BCUT2D eigenvalue weighted by atomic mass is 10.0. The quantitative estimate of drug-likeness (QED) is 0.831. The third kappa shape index (κ3) is 2.09. The van der Waals surface area contributed by atoms with Crippen molar-refractivity contribution in [2.45, 2.75) is 6.04 Å². The van der Waals surface area contributed by atoms with E-state index in [4.69, 9.17) is 21.1 Å². The van der Waals surface area contributed by atoms with Crippen LogP contribution in [0.4, 0.5) is 0 Å². The molecule has 2 rings (SSSR count). The molecule has 2 N–H and O–H groups in total. The van der Waals surface area contributed by atoms with Crippen LogP contribution in [0.3, 0.4) is 0 Å². The van der Waals surface area contributed by atoms with Crippen LogP contribution in [0.5, 0.6) is 11.5 Å². The average molecular weight is 244 g/mol. The van der Waals surface area contributed by atoms with E-state index in [-0.39, 0.29) is 11.8 Å². The number of phenols is 1. The van der Waals surface area contributed by atoms with Gasteiger partial charge in [-0.3, -0.25) is 0 Å². The molecule has 88 valence electrons. The molecular formula is C11H14ClNO3. The highest BCUT2D eigenvalue weighted by molar-refractivity contribution is 6.32. The topological polar surface area (TPSA) is 50.7 Å². The Bertz CT molecular complexity index is 378. The molecule has 0 aliphatic carbocycles. The number of morpholine rings is 1. The molecule has 1 atom stereocenters. The van der Waals surface area contributed by atoms with Crippen molar-refractivity contribution in [1.29, 1.82) is 0 Å². The van der Waals surface area contributed by atoms with Gasteiger partial charge in [0.15, 0.2) is 0 Å². The maximum atomic E-state index is 9.95. The van der Waals surface area contributed by atoms with E-state index in [0.717, 1.165) is 6.54 Å². The minimum atomic E-state index is -0.0811. The summed E-state index contributed by atoms with van der Waals surface area (Å²) in [7, 11) is 1.57. The monoisotopic (exact) mass is 243 g/mol. The molecule has 0 spiro atoms. The van der Waals surface area contributed by atoms with Crippen LogP contribution in [0.1, 0.15) is 11.6 Å². The first-order valence-electron chi connectivity index (χ1n) is 5.10. The second-order valence-electron chi connectivity index (χ2n) is 3.59. The van der Waals surface area contributed by atoms with Crippen molar-refractivity contribution in [3.05, 3.63) is 22.7 Å². The van der Waals surface area contributed by atoms with Crippen LogP contribution in [0.15, 0.2) is 12.1 Å². The molecule has 1 saturated heterocycles. The Morgan fingerprint density at radius 2 is 2.38 bits per heavy atom. The third-order valence-corrected chi connectivity index (χ3v) is 2.92. The second kappa shape index (κ2) is 4.91. The van der Waals surface area contributed by atoms with E-state index < -0.39 is 0 Å². The molecule has 4 nitrogen and oxygen atoms in total. The minimum Gasteiger partial charge on any atom is -0.506 e. The number of aromatic hydroxyl groups is 1. The smallest absolute Gasteiger partial charge is 0.142 e. The SMILES string of the molecule is COc1ccc(Cl)c(O)c1[C@H]1COCCN1. The molecule has 1 fully saturated rings. The van der Waals surface area contributed by atoms with Gasteiger partial charge in [0, 0.05) is 6.54 Å². The van der Waals surface area contributed by atoms with Gasteiger partial charge in [0.25, 0.3) is 0 Å².